The fraction of sp³-hybridized carbons (Fsp3) is 0.267. The van der Waals surface area contributed by atoms with Crippen LogP contribution in [0.25, 0.3) is 0 Å². The summed E-state index contributed by atoms with van der Waals surface area (Å²) in [5.74, 6) is 0. The predicted molar refractivity (Wildman–Crippen MR) is 70.8 cm³/mol. The molecule has 17 heavy (non-hydrogen) atoms. The Labute approximate surface area is 103 Å². The number of hydrogen-bond acceptors (Lipinski definition) is 2. The molecule has 88 valence electrons. The number of nitrogens with zero attached hydrogens (tertiary/aromatic N) is 1. The van der Waals surface area contributed by atoms with Crippen molar-refractivity contribution < 1.29 is 0 Å². The van der Waals surface area contributed by atoms with E-state index < -0.39 is 0 Å². The molecule has 0 aliphatic carbocycles. The van der Waals surface area contributed by atoms with Crippen molar-refractivity contribution in [3.63, 3.8) is 0 Å². The highest BCUT2D eigenvalue weighted by Crippen LogP contribution is 2.20. The van der Waals surface area contributed by atoms with E-state index in [2.05, 4.69) is 36.2 Å². The maximum absolute atomic E-state index is 6.25. The summed E-state index contributed by atoms with van der Waals surface area (Å²) in [6.45, 7) is 4.19. The minimum absolute atomic E-state index is 0.137. The number of aryl methyl sites for hydroxylation is 2. The summed E-state index contributed by atoms with van der Waals surface area (Å²) in [6, 6.07) is 12.3. The van der Waals surface area contributed by atoms with E-state index in [1.165, 1.54) is 5.56 Å². The molecule has 2 N–H and O–H groups in total. The minimum Gasteiger partial charge on any atom is -0.319 e. The van der Waals surface area contributed by atoms with Crippen molar-refractivity contribution in [2.45, 2.75) is 26.3 Å². The van der Waals surface area contributed by atoms with Gasteiger partial charge in [0.1, 0.15) is 0 Å². The minimum atomic E-state index is -0.137. The number of nitrogens with two attached hydrogens (primary N) is 1. The predicted octanol–water partition coefficient (Wildman–Crippen LogP) is 3.00. The Morgan fingerprint density at radius 3 is 2.47 bits per heavy atom. The molecule has 1 atom stereocenters. The lowest BCUT2D eigenvalue weighted by Gasteiger charge is -2.14. The molecule has 0 amide bonds. The van der Waals surface area contributed by atoms with Crippen LogP contribution in [0.4, 0.5) is 0 Å². The fourth-order valence-corrected chi connectivity index (χ4v) is 1.94. The summed E-state index contributed by atoms with van der Waals surface area (Å²) in [4.78, 5) is 4.37. The van der Waals surface area contributed by atoms with Gasteiger partial charge in [0.25, 0.3) is 0 Å². The van der Waals surface area contributed by atoms with Gasteiger partial charge in [0, 0.05) is 6.20 Å². The van der Waals surface area contributed by atoms with Crippen LogP contribution in [0, 0.1) is 6.92 Å². The summed E-state index contributed by atoms with van der Waals surface area (Å²) < 4.78 is 0. The molecule has 2 nitrogen and oxygen atoms in total. The van der Waals surface area contributed by atoms with Crippen LogP contribution in [0.2, 0.25) is 0 Å². The molecule has 1 aromatic heterocycles. The summed E-state index contributed by atoms with van der Waals surface area (Å²) in [7, 11) is 0. The second-order valence-corrected chi connectivity index (χ2v) is 4.28. The molecule has 2 heteroatoms. The van der Waals surface area contributed by atoms with E-state index in [9.17, 15) is 0 Å². The zero-order valence-corrected chi connectivity index (χ0v) is 10.4. The Morgan fingerprint density at radius 1 is 1.18 bits per heavy atom. The molecule has 2 aromatic rings. The van der Waals surface area contributed by atoms with Crippen LogP contribution in [-0.2, 0) is 6.42 Å². The van der Waals surface area contributed by atoms with E-state index in [0.29, 0.717) is 0 Å². The van der Waals surface area contributed by atoms with Gasteiger partial charge in [-0.05, 0) is 36.1 Å². The quantitative estimate of drug-likeness (QED) is 0.873. The van der Waals surface area contributed by atoms with Crippen LogP contribution >= 0.6 is 0 Å². The van der Waals surface area contributed by atoms with E-state index in [1.54, 1.807) is 6.20 Å². The van der Waals surface area contributed by atoms with Crippen molar-refractivity contribution in [2.75, 3.05) is 0 Å². The molecule has 0 radical (unpaired) electrons. The lowest BCUT2D eigenvalue weighted by molar-refractivity contribution is 0.817. The normalized spacial score (nSPS) is 12.4. The van der Waals surface area contributed by atoms with Gasteiger partial charge in [-0.25, -0.2) is 0 Å². The van der Waals surface area contributed by atoms with Gasteiger partial charge in [0.2, 0.25) is 0 Å². The zero-order valence-electron chi connectivity index (χ0n) is 10.4. The summed E-state index contributed by atoms with van der Waals surface area (Å²) in [5, 5.41) is 0. The van der Waals surface area contributed by atoms with Gasteiger partial charge in [-0.15, -0.1) is 0 Å². The van der Waals surface area contributed by atoms with Gasteiger partial charge in [0.05, 0.1) is 11.7 Å². The van der Waals surface area contributed by atoms with Crippen LogP contribution < -0.4 is 5.73 Å². The first-order valence-corrected chi connectivity index (χ1v) is 5.98. The number of hydrogen-bond donors (Lipinski definition) is 1. The first-order chi connectivity index (χ1) is 8.22. The average molecular weight is 226 g/mol. The third kappa shape index (κ3) is 2.53. The van der Waals surface area contributed by atoms with E-state index in [1.807, 2.05) is 19.1 Å². The third-order valence-corrected chi connectivity index (χ3v) is 3.09. The van der Waals surface area contributed by atoms with Crippen molar-refractivity contribution >= 4 is 0 Å². The van der Waals surface area contributed by atoms with E-state index in [-0.39, 0.29) is 6.04 Å². The van der Waals surface area contributed by atoms with Crippen molar-refractivity contribution in [1.82, 2.24) is 4.98 Å². The molecular formula is C15H18N2. The Balaban J connectivity index is 2.30. The molecule has 0 fully saturated rings. The maximum Gasteiger partial charge on any atom is 0.0729 e. The second kappa shape index (κ2) is 5.11. The van der Waals surface area contributed by atoms with E-state index >= 15 is 0 Å². The fourth-order valence-electron chi connectivity index (χ4n) is 1.94. The Kier molecular flexibility index (Phi) is 3.55. The van der Waals surface area contributed by atoms with Crippen molar-refractivity contribution in [3.05, 3.63) is 65.0 Å². The molecule has 1 unspecified atom stereocenters. The molecule has 0 saturated carbocycles. The maximum atomic E-state index is 6.25. The van der Waals surface area contributed by atoms with Crippen LogP contribution in [-0.4, -0.2) is 4.98 Å². The average Bonchev–Trinajstić information content (AvgIpc) is 2.39. The largest absolute Gasteiger partial charge is 0.319 e. The zero-order chi connectivity index (χ0) is 12.3. The lowest BCUT2D eigenvalue weighted by atomic mass is 9.99. The SMILES string of the molecule is CCc1ccc(C(N)c2ncccc2C)cc1. The number of pyridine rings is 1. The first kappa shape index (κ1) is 11.8. The van der Waals surface area contributed by atoms with Crippen LogP contribution in [0.3, 0.4) is 0 Å². The summed E-state index contributed by atoms with van der Waals surface area (Å²) >= 11 is 0. The molecule has 2 rings (SSSR count). The summed E-state index contributed by atoms with van der Waals surface area (Å²) in [6.07, 6.45) is 2.85. The highest BCUT2D eigenvalue weighted by atomic mass is 14.8. The number of benzene rings is 1. The highest BCUT2D eigenvalue weighted by Gasteiger charge is 2.11. The Hall–Kier alpha value is -1.67. The Morgan fingerprint density at radius 2 is 1.88 bits per heavy atom. The van der Waals surface area contributed by atoms with E-state index in [0.717, 1.165) is 23.2 Å². The van der Waals surface area contributed by atoms with Crippen LogP contribution in [0.5, 0.6) is 0 Å². The number of aromatic nitrogens is 1. The topological polar surface area (TPSA) is 38.9 Å². The molecule has 0 aliphatic heterocycles. The van der Waals surface area contributed by atoms with Crippen molar-refractivity contribution in [3.8, 4) is 0 Å². The van der Waals surface area contributed by atoms with Crippen LogP contribution in [0.15, 0.2) is 42.6 Å². The van der Waals surface area contributed by atoms with Crippen molar-refractivity contribution in [1.29, 1.82) is 0 Å². The monoisotopic (exact) mass is 226 g/mol. The third-order valence-electron chi connectivity index (χ3n) is 3.09. The standard InChI is InChI=1S/C15H18N2/c1-3-12-6-8-13(9-7-12)14(16)15-11(2)5-4-10-17-15/h4-10,14H,3,16H2,1-2H3. The molecule has 0 spiro atoms. The molecule has 0 aliphatic rings. The van der Waals surface area contributed by atoms with Gasteiger partial charge < -0.3 is 5.73 Å². The second-order valence-electron chi connectivity index (χ2n) is 4.28. The number of rotatable bonds is 3. The van der Waals surface area contributed by atoms with Gasteiger partial charge in [-0.2, -0.15) is 0 Å². The van der Waals surface area contributed by atoms with Crippen molar-refractivity contribution in [2.24, 2.45) is 5.73 Å². The smallest absolute Gasteiger partial charge is 0.0729 e. The van der Waals surface area contributed by atoms with E-state index in [4.69, 9.17) is 5.73 Å². The molecule has 0 saturated heterocycles. The molecule has 1 heterocycles. The lowest BCUT2D eigenvalue weighted by Crippen LogP contribution is -2.14. The summed E-state index contributed by atoms with van der Waals surface area (Å²) in [5.41, 5.74) is 10.8. The molecule has 0 bridgehead atoms. The van der Waals surface area contributed by atoms with Gasteiger partial charge in [-0.1, -0.05) is 37.3 Å². The van der Waals surface area contributed by atoms with Gasteiger partial charge in [0.15, 0.2) is 0 Å². The molecular weight excluding hydrogens is 208 g/mol. The highest BCUT2D eigenvalue weighted by molar-refractivity contribution is 5.33. The first-order valence-electron chi connectivity index (χ1n) is 5.98. The Bertz CT molecular complexity index is 489. The van der Waals surface area contributed by atoms with Gasteiger partial charge in [-0.3, -0.25) is 4.98 Å². The van der Waals surface area contributed by atoms with Crippen LogP contribution in [0.1, 0.15) is 35.3 Å². The van der Waals surface area contributed by atoms with Gasteiger partial charge >= 0.3 is 0 Å². The molecule has 1 aromatic carbocycles.